The molecule has 0 unspecified atom stereocenters. The highest BCUT2D eigenvalue weighted by molar-refractivity contribution is 7.89. The molecule has 2 rings (SSSR count). The standard InChI is InChI=1S/C23H33N3O6S/c1-2-3-17-32-19-12-14-20(15-13-19)33(30,31)26-21(23(28)25-29)11-7-8-16-24-22(27)18-9-5-4-6-10-18/h12-15,18,21,26,29H,4-11,16-17H2,1H3,(H,24,27)(H,25,28)/t21-/m1/s1. The second-order valence-corrected chi connectivity index (χ2v) is 9.67. The van der Waals surface area contributed by atoms with E-state index >= 15 is 0 Å². The Morgan fingerprint density at radius 2 is 1.85 bits per heavy atom. The van der Waals surface area contributed by atoms with Crippen LogP contribution in [0, 0.1) is 17.8 Å². The molecule has 9 nitrogen and oxygen atoms in total. The van der Waals surface area contributed by atoms with E-state index in [0.29, 0.717) is 25.1 Å². The summed E-state index contributed by atoms with van der Waals surface area (Å²) >= 11 is 0. The molecule has 1 saturated carbocycles. The molecule has 0 aromatic heterocycles. The first-order valence-corrected chi connectivity index (χ1v) is 12.7. The Kier molecular flexibility index (Phi) is 11.2. The van der Waals surface area contributed by atoms with E-state index in [9.17, 15) is 18.0 Å². The lowest BCUT2D eigenvalue weighted by Gasteiger charge is -2.21. The quantitative estimate of drug-likeness (QED) is 0.157. The van der Waals surface area contributed by atoms with E-state index < -0.39 is 22.0 Å². The van der Waals surface area contributed by atoms with Crippen molar-refractivity contribution in [1.29, 1.82) is 0 Å². The first kappa shape index (κ1) is 26.6. The Hall–Kier alpha value is -2.61. The zero-order chi connectivity index (χ0) is 24.1. The Balaban J connectivity index is 1.84. The van der Waals surface area contributed by atoms with E-state index in [-0.39, 0.29) is 29.7 Å². The third kappa shape index (κ3) is 9.04. The van der Waals surface area contributed by atoms with Crippen molar-refractivity contribution in [1.82, 2.24) is 15.5 Å². The molecule has 0 spiro atoms. The first-order valence-electron chi connectivity index (χ1n) is 11.2. The molecule has 182 valence electrons. The molecule has 1 atom stereocenters. The van der Waals surface area contributed by atoms with Crippen LogP contribution in [-0.4, -0.2) is 44.6 Å². The van der Waals surface area contributed by atoms with Crippen LogP contribution in [0.2, 0.25) is 0 Å². The third-order valence-corrected chi connectivity index (χ3v) is 7.03. The van der Waals surface area contributed by atoms with Crippen LogP contribution in [0.15, 0.2) is 29.2 Å². The largest absolute Gasteiger partial charge is 0.481 e. The molecule has 10 heteroatoms. The van der Waals surface area contributed by atoms with Gasteiger partial charge in [0.05, 0.1) is 4.90 Å². The summed E-state index contributed by atoms with van der Waals surface area (Å²) in [5, 5.41) is 11.9. The van der Waals surface area contributed by atoms with Gasteiger partial charge in [0.25, 0.3) is 5.91 Å². The van der Waals surface area contributed by atoms with Crippen molar-refractivity contribution in [3.8, 4) is 17.6 Å². The molecule has 2 amide bonds. The minimum atomic E-state index is -4.00. The second-order valence-electron chi connectivity index (χ2n) is 7.96. The molecule has 0 heterocycles. The van der Waals surface area contributed by atoms with Crippen LogP contribution in [0.1, 0.15) is 58.3 Å². The van der Waals surface area contributed by atoms with Crippen molar-refractivity contribution >= 4 is 21.8 Å². The number of nitrogens with one attached hydrogen (secondary N) is 3. The summed E-state index contributed by atoms with van der Waals surface area (Å²) in [6.45, 7) is 2.34. The average Bonchev–Trinajstić information content (AvgIpc) is 2.83. The molecule has 0 saturated heterocycles. The van der Waals surface area contributed by atoms with Gasteiger partial charge in [-0.2, -0.15) is 4.72 Å². The molecule has 0 aliphatic heterocycles. The van der Waals surface area contributed by atoms with Crippen molar-refractivity contribution < 1.29 is 28.0 Å². The summed E-state index contributed by atoms with van der Waals surface area (Å²) in [6.07, 6.45) is 6.43. The Morgan fingerprint density at radius 1 is 1.15 bits per heavy atom. The van der Waals surface area contributed by atoms with Crippen molar-refractivity contribution in [2.24, 2.45) is 5.92 Å². The van der Waals surface area contributed by atoms with E-state index in [0.717, 1.165) is 25.7 Å². The molecule has 1 aliphatic rings. The van der Waals surface area contributed by atoms with Gasteiger partial charge in [0.15, 0.2) is 0 Å². The Bertz CT molecular complexity index is 931. The summed E-state index contributed by atoms with van der Waals surface area (Å²) in [7, 11) is -4.00. The maximum atomic E-state index is 12.7. The normalized spacial score (nSPS) is 15.1. The number of carbonyl (C=O) groups excluding carboxylic acids is 2. The highest BCUT2D eigenvalue weighted by Gasteiger charge is 2.25. The molecule has 1 aliphatic carbocycles. The number of hydrogen-bond acceptors (Lipinski definition) is 6. The van der Waals surface area contributed by atoms with Crippen molar-refractivity contribution in [3.63, 3.8) is 0 Å². The summed E-state index contributed by atoms with van der Waals surface area (Å²) in [6, 6.07) is 4.59. The highest BCUT2D eigenvalue weighted by atomic mass is 32.2. The lowest BCUT2D eigenvalue weighted by molar-refractivity contribution is -0.131. The maximum Gasteiger partial charge on any atom is 0.261 e. The molecular weight excluding hydrogens is 446 g/mol. The molecule has 1 aromatic carbocycles. The fourth-order valence-corrected chi connectivity index (χ4v) is 4.91. The summed E-state index contributed by atoms with van der Waals surface area (Å²) < 4.78 is 33.1. The number of rotatable bonds is 12. The van der Waals surface area contributed by atoms with Gasteiger partial charge < -0.3 is 10.1 Å². The SMILES string of the molecule is CC#CCOc1ccc(S(=O)(=O)N[C@H](CCCCNC(=O)C2CCCCC2)C(=O)NO)cc1. The van der Waals surface area contributed by atoms with Gasteiger partial charge in [-0.3, -0.25) is 14.8 Å². The summed E-state index contributed by atoms with van der Waals surface area (Å²) in [5.41, 5.74) is 1.51. The van der Waals surface area contributed by atoms with Gasteiger partial charge in [-0.15, -0.1) is 5.92 Å². The number of ether oxygens (including phenoxy) is 1. The smallest absolute Gasteiger partial charge is 0.261 e. The van der Waals surface area contributed by atoms with Crippen LogP contribution in [0.3, 0.4) is 0 Å². The van der Waals surface area contributed by atoms with Crippen LogP contribution < -0.4 is 20.3 Å². The number of carbonyl (C=O) groups is 2. The van der Waals surface area contributed by atoms with Crippen LogP contribution in [-0.2, 0) is 19.6 Å². The molecule has 1 aromatic rings. The minimum absolute atomic E-state index is 0.0353. The number of sulfonamides is 1. The number of unbranched alkanes of at least 4 members (excludes halogenated alkanes) is 1. The molecule has 4 N–H and O–H groups in total. The van der Waals surface area contributed by atoms with Gasteiger partial charge in [-0.05, 0) is 63.3 Å². The predicted octanol–water partition coefficient (Wildman–Crippen LogP) is 2.11. The molecule has 33 heavy (non-hydrogen) atoms. The average molecular weight is 480 g/mol. The molecule has 0 radical (unpaired) electrons. The lowest BCUT2D eigenvalue weighted by atomic mass is 9.88. The molecule has 1 fully saturated rings. The predicted molar refractivity (Wildman–Crippen MR) is 123 cm³/mol. The van der Waals surface area contributed by atoms with E-state index in [1.807, 2.05) is 0 Å². The van der Waals surface area contributed by atoms with Gasteiger partial charge in [-0.25, -0.2) is 13.9 Å². The number of benzene rings is 1. The Morgan fingerprint density at radius 3 is 2.48 bits per heavy atom. The van der Waals surface area contributed by atoms with E-state index in [2.05, 4.69) is 21.9 Å². The Labute approximate surface area is 195 Å². The monoisotopic (exact) mass is 479 g/mol. The number of hydroxylamine groups is 1. The third-order valence-electron chi connectivity index (χ3n) is 5.54. The van der Waals surface area contributed by atoms with Crippen LogP contribution >= 0.6 is 0 Å². The van der Waals surface area contributed by atoms with E-state index in [1.54, 1.807) is 6.92 Å². The van der Waals surface area contributed by atoms with Gasteiger partial charge >= 0.3 is 0 Å². The van der Waals surface area contributed by atoms with Crippen molar-refractivity contribution in [3.05, 3.63) is 24.3 Å². The van der Waals surface area contributed by atoms with Crippen LogP contribution in [0.5, 0.6) is 5.75 Å². The zero-order valence-corrected chi connectivity index (χ0v) is 19.7. The fourth-order valence-electron chi connectivity index (χ4n) is 3.68. The molecular formula is C23H33N3O6S. The van der Waals surface area contributed by atoms with Gasteiger partial charge in [0.1, 0.15) is 18.4 Å². The van der Waals surface area contributed by atoms with Crippen LogP contribution in [0.25, 0.3) is 0 Å². The van der Waals surface area contributed by atoms with Gasteiger partial charge in [-0.1, -0.05) is 25.2 Å². The van der Waals surface area contributed by atoms with Gasteiger partial charge in [0.2, 0.25) is 15.9 Å². The highest BCUT2D eigenvalue weighted by Crippen LogP contribution is 2.23. The van der Waals surface area contributed by atoms with E-state index in [1.165, 1.54) is 36.2 Å². The summed E-state index contributed by atoms with van der Waals surface area (Å²) in [4.78, 5) is 24.2. The van der Waals surface area contributed by atoms with E-state index in [4.69, 9.17) is 9.94 Å². The van der Waals surface area contributed by atoms with Crippen molar-refractivity contribution in [2.75, 3.05) is 13.2 Å². The molecule has 0 bridgehead atoms. The maximum absolute atomic E-state index is 12.7. The van der Waals surface area contributed by atoms with Gasteiger partial charge in [0, 0.05) is 12.5 Å². The van der Waals surface area contributed by atoms with Crippen LogP contribution in [0.4, 0.5) is 0 Å². The number of hydrogen-bond donors (Lipinski definition) is 4. The lowest BCUT2D eigenvalue weighted by Crippen LogP contribution is -2.45. The number of amides is 2. The minimum Gasteiger partial charge on any atom is -0.481 e. The van der Waals surface area contributed by atoms with Crippen molar-refractivity contribution in [2.45, 2.75) is 69.2 Å². The topological polar surface area (TPSA) is 134 Å². The zero-order valence-electron chi connectivity index (χ0n) is 18.9. The summed E-state index contributed by atoms with van der Waals surface area (Å²) in [5.74, 6) is 5.21. The fraction of sp³-hybridized carbons (Fsp3) is 0.565. The second kappa shape index (κ2) is 13.8. The first-order chi connectivity index (χ1) is 15.9.